The zero-order valence-electron chi connectivity index (χ0n) is 11.4. The highest BCUT2D eigenvalue weighted by Crippen LogP contribution is 2.18. The molecule has 20 heavy (non-hydrogen) atoms. The average Bonchev–Trinajstić information content (AvgIpc) is 2.79. The van der Waals surface area contributed by atoms with Crippen LogP contribution in [-0.4, -0.2) is 56.0 Å². The molecule has 1 aromatic heterocycles. The molecule has 110 valence electrons. The minimum atomic E-state index is -3.01. The number of urea groups is 1. The SMILES string of the molecule is COc1ccc(NC(=O)N(C)C2CCS(=O)(=O)C2)cn1. The van der Waals surface area contributed by atoms with Crippen LogP contribution in [0.1, 0.15) is 6.42 Å². The lowest BCUT2D eigenvalue weighted by atomic mass is 10.2. The van der Waals surface area contributed by atoms with Crippen molar-refractivity contribution in [2.75, 3.05) is 31.0 Å². The second-order valence-corrected chi connectivity index (χ2v) is 6.92. The largest absolute Gasteiger partial charge is 0.481 e. The van der Waals surface area contributed by atoms with Crippen molar-refractivity contribution >= 4 is 21.6 Å². The molecule has 1 unspecified atom stereocenters. The summed E-state index contributed by atoms with van der Waals surface area (Å²) in [5.74, 6) is 0.621. The number of pyridine rings is 1. The van der Waals surface area contributed by atoms with Crippen molar-refractivity contribution in [1.82, 2.24) is 9.88 Å². The predicted molar refractivity (Wildman–Crippen MR) is 74.6 cm³/mol. The van der Waals surface area contributed by atoms with E-state index in [-0.39, 0.29) is 23.6 Å². The van der Waals surface area contributed by atoms with E-state index in [1.165, 1.54) is 18.2 Å². The topological polar surface area (TPSA) is 88.6 Å². The van der Waals surface area contributed by atoms with E-state index >= 15 is 0 Å². The minimum Gasteiger partial charge on any atom is -0.481 e. The molecule has 1 aliphatic heterocycles. The van der Waals surface area contributed by atoms with Crippen molar-refractivity contribution in [3.63, 3.8) is 0 Å². The van der Waals surface area contributed by atoms with Gasteiger partial charge in [0.25, 0.3) is 0 Å². The first-order valence-corrected chi connectivity index (χ1v) is 7.98. The van der Waals surface area contributed by atoms with Crippen LogP contribution in [0.15, 0.2) is 18.3 Å². The van der Waals surface area contributed by atoms with Gasteiger partial charge in [-0.15, -0.1) is 0 Å². The Morgan fingerprint density at radius 2 is 2.25 bits per heavy atom. The van der Waals surface area contributed by atoms with Crippen LogP contribution in [0.5, 0.6) is 5.88 Å². The van der Waals surface area contributed by atoms with Crippen LogP contribution < -0.4 is 10.1 Å². The van der Waals surface area contributed by atoms with Crippen molar-refractivity contribution in [2.45, 2.75) is 12.5 Å². The van der Waals surface area contributed by atoms with Gasteiger partial charge in [-0.3, -0.25) is 0 Å². The Bertz CT molecular complexity index is 585. The van der Waals surface area contributed by atoms with Gasteiger partial charge in [-0.2, -0.15) is 0 Å². The first kappa shape index (κ1) is 14.6. The van der Waals surface area contributed by atoms with Crippen LogP contribution in [0, 0.1) is 0 Å². The third kappa shape index (κ3) is 3.38. The standard InChI is InChI=1S/C12H17N3O4S/c1-15(10-5-6-20(17,18)8-10)12(16)14-9-3-4-11(19-2)13-7-9/h3-4,7,10H,5-6,8H2,1-2H3,(H,14,16). The Kier molecular flexibility index (Phi) is 4.12. The van der Waals surface area contributed by atoms with Gasteiger partial charge in [-0.05, 0) is 12.5 Å². The van der Waals surface area contributed by atoms with E-state index in [2.05, 4.69) is 10.3 Å². The number of hydrogen-bond acceptors (Lipinski definition) is 5. The summed E-state index contributed by atoms with van der Waals surface area (Å²) in [6.45, 7) is 0. The first-order chi connectivity index (χ1) is 9.41. The zero-order valence-corrected chi connectivity index (χ0v) is 12.2. The number of aromatic nitrogens is 1. The molecule has 7 nitrogen and oxygen atoms in total. The number of nitrogens with one attached hydrogen (secondary N) is 1. The zero-order chi connectivity index (χ0) is 14.8. The van der Waals surface area contributed by atoms with Gasteiger partial charge in [-0.25, -0.2) is 18.2 Å². The number of rotatable bonds is 3. The van der Waals surface area contributed by atoms with Gasteiger partial charge < -0.3 is 15.0 Å². The maximum atomic E-state index is 12.0. The molecule has 0 aliphatic carbocycles. The van der Waals surface area contributed by atoms with E-state index in [9.17, 15) is 13.2 Å². The Labute approximate surface area is 117 Å². The van der Waals surface area contributed by atoms with E-state index in [1.807, 2.05) is 0 Å². The molecule has 2 rings (SSSR count). The molecular formula is C12H17N3O4S. The molecule has 0 bridgehead atoms. The molecule has 0 radical (unpaired) electrons. The second-order valence-electron chi connectivity index (χ2n) is 4.69. The van der Waals surface area contributed by atoms with Crippen LogP contribution >= 0.6 is 0 Å². The van der Waals surface area contributed by atoms with Gasteiger partial charge in [0.15, 0.2) is 9.84 Å². The van der Waals surface area contributed by atoms with E-state index in [0.717, 1.165) is 0 Å². The first-order valence-electron chi connectivity index (χ1n) is 6.15. The summed E-state index contributed by atoms with van der Waals surface area (Å²) >= 11 is 0. The fraction of sp³-hybridized carbons (Fsp3) is 0.500. The van der Waals surface area contributed by atoms with Crippen LogP contribution in [0.25, 0.3) is 0 Å². The summed E-state index contributed by atoms with van der Waals surface area (Å²) in [7, 11) is 0.0974. The summed E-state index contributed by atoms with van der Waals surface area (Å²) < 4.78 is 27.8. The van der Waals surface area contributed by atoms with E-state index in [1.54, 1.807) is 19.2 Å². The number of ether oxygens (including phenoxy) is 1. The molecule has 2 amide bonds. The minimum absolute atomic E-state index is 0.0256. The summed E-state index contributed by atoms with van der Waals surface area (Å²) in [6.07, 6.45) is 1.96. The molecule has 1 atom stereocenters. The van der Waals surface area contributed by atoms with Gasteiger partial charge in [-0.1, -0.05) is 0 Å². The average molecular weight is 299 g/mol. The smallest absolute Gasteiger partial charge is 0.321 e. The highest BCUT2D eigenvalue weighted by Gasteiger charge is 2.32. The monoisotopic (exact) mass is 299 g/mol. The van der Waals surface area contributed by atoms with Crippen molar-refractivity contribution in [3.05, 3.63) is 18.3 Å². The second kappa shape index (κ2) is 5.66. The summed E-state index contributed by atoms with van der Waals surface area (Å²) in [5.41, 5.74) is 0.531. The number of amides is 2. The van der Waals surface area contributed by atoms with Gasteiger partial charge in [0.1, 0.15) is 0 Å². The van der Waals surface area contributed by atoms with Crippen LogP contribution in [0.2, 0.25) is 0 Å². The maximum absolute atomic E-state index is 12.0. The molecule has 0 aromatic carbocycles. The number of hydrogen-bond donors (Lipinski definition) is 1. The Hall–Kier alpha value is -1.83. The number of carbonyl (C=O) groups is 1. The number of sulfone groups is 1. The lowest BCUT2D eigenvalue weighted by Gasteiger charge is -2.23. The van der Waals surface area contributed by atoms with Crippen LogP contribution in [-0.2, 0) is 9.84 Å². The molecule has 1 aliphatic rings. The quantitative estimate of drug-likeness (QED) is 0.889. The number of nitrogens with zero attached hydrogens (tertiary/aromatic N) is 2. The van der Waals surface area contributed by atoms with Crippen molar-refractivity contribution in [3.8, 4) is 5.88 Å². The predicted octanol–water partition coefficient (Wildman–Crippen LogP) is 0.741. The molecule has 1 saturated heterocycles. The fourth-order valence-corrected chi connectivity index (χ4v) is 3.81. The molecule has 1 aromatic rings. The lowest BCUT2D eigenvalue weighted by Crippen LogP contribution is -2.40. The van der Waals surface area contributed by atoms with Crippen molar-refractivity contribution < 1.29 is 17.9 Å². The Morgan fingerprint density at radius 3 is 2.75 bits per heavy atom. The van der Waals surface area contributed by atoms with Crippen molar-refractivity contribution in [1.29, 1.82) is 0 Å². The lowest BCUT2D eigenvalue weighted by molar-refractivity contribution is 0.209. The number of anilines is 1. The molecule has 0 saturated carbocycles. The molecule has 2 heterocycles. The fourth-order valence-electron chi connectivity index (χ4n) is 2.03. The van der Waals surface area contributed by atoms with Crippen LogP contribution in [0.3, 0.4) is 0 Å². The Balaban J connectivity index is 1.97. The molecule has 8 heteroatoms. The van der Waals surface area contributed by atoms with E-state index < -0.39 is 9.84 Å². The normalized spacial score (nSPS) is 20.4. The van der Waals surface area contributed by atoms with Crippen LogP contribution in [0.4, 0.5) is 10.5 Å². The maximum Gasteiger partial charge on any atom is 0.321 e. The number of carbonyl (C=O) groups excluding carboxylic acids is 1. The molecule has 1 fully saturated rings. The Morgan fingerprint density at radius 1 is 1.50 bits per heavy atom. The van der Waals surface area contributed by atoms with Gasteiger partial charge in [0.05, 0.1) is 30.5 Å². The van der Waals surface area contributed by atoms with Gasteiger partial charge >= 0.3 is 6.03 Å². The van der Waals surface area contributed by atoms with E-state index in [0.29, 0.717) is 18.0 Å². The summed E-state index contributed by atoms with van der Waals surface area (Å²) in [6, 6.07) is 2.68. The molecular weight excluding hydrogens is 282 g/mol. The third-order valence-electron chi connectivity index (χ3n) is 3.27. The third-order valence-corrected chi connectivity index (χ3v) is 5.02. The highest BCUT2D eigenvalue weighted by atomic mass is 32.2. The molecule has 0 spiro atoms. The number of methoxy groups -OCH3 is 1. The highest BCUT2D eigenvalue weighted by molar-refractivity contribution is 7.91. The summed E-state index contributed by atoms with van der Waals surface area (Å²) in [5, 5.41) is 2.67. The summed E-state index contributed by atoms with van der Waals surface area (Å²) in [4.78, 5) is 17.4. The van der Waals surface area contributed by atoms with Crippen molar-refractivity contribution in [2.24, 2.45) is 0 Å². The van der Waals surface area contributed by atoms with Gasteiger partial charge in [0, 0.05) is 19.2 Å². The van der Waals surface area contributed by atoms with E-state index in [4.69, 9.17) is 4.74 Å². The van der Waals surface area contributed by atoms with Gasteiger partial charge in [0.2, 0.25) is 5.88 Å². The molecule has 1 N–H and O–H groups in total.